The maximum Gasteiger partial charge on any atom is 0.269 e. The molecule has 1 aromatic carbocycles. The first-order valence-corrected chi connectivity index (χ1v) is 8.09. The molecule has 0 heterocycles. The van der Waals surface area contributed by atoms with Gasteiger partial charge in [0.2, 0.25) is 0 Å². The maximum absolute atomic E-state index is 11.8. The lowest BCUT2D eigenvalue weighted by Gasteiger charge is -2.09. The fraction of sp³-hybridized carbons (Fsp3) is 0.333. The summed E-state index contributed by atoms with van der Waals surface area (Å²) in [4.78, 5) is -0.261. The van der Waals surface area contributed by atoms with Crippen molar-refractivity contribution < 1.29 is 26.5 Å². The van der Waals surface area contributed by atoms with Crippen molar-refractivity contribution in [2.75, 3.05) is 18.1 Å². The molecule has 18 heavy (non-hydrogen) atoms. The van der Waals surface area contributed by atoms with Crippen LogP contribution in [0.5, 0.6) is 0 Å². The van der Waals surface area contributed by atoms with E-state index in [1.165, 1.54) is 6.07 Å². The summed E-state index contributed by atoms with van der Waals surface area (Å²) < 4.78 is 54.0. The number of hydrogen-bond donors (Lipinski definition) is 3. The second kappa shape index (κ2) is 5.22. The van der Waals surface area contributed by atoms with Crippen molar-refractivity contribution in [3.05, 3.63) is 23.8 Å². The molecule has 102 valence electrons. The predicted molar refractivity (Wildman–Crippen MR) is 65.2 cm³/mol. The Kier molecular flexibility index (Phi) is 4.32. The summed E-state index contributed by atoms with van der Waals surface area (Å²) in [5.74, 6) is -1.38. The van der Waals surface area contributed by atoms with E-state index in [0.717, 1.165) is 12.1 Å². The maximum atomic E-state index is 11.8. The van der Waals surface area contributed by atoms with Crippen LogP contribution in [0.15, 0.2) is 23.1 Å². The first-order valence-electron chi connectivity index (χ1n) is 4.83. The molecule has 0 saturated carbocycles. The Bertz CT molecular complexity index is 635. The largest absolute Gasteiger partial charge is 0.399 e. The van der Waals surface area contributed by atoms with E-state index in [1.807, 2.05) is 0 Å². The second-order valence-electron chi connectivity index (χ2n) is 3.64. The average molecular weight is 295 g/mol. The van der Waals surface area contributed by atoms with E-state index in [-0.39, 0.29) is 16.1 Å². The van der Waals surface area contributed by atoms with Gasteiger partial charge >= 0.3 is 0 Å². The molecule has 0 aromatic heterocycles. The molecule has 9 heteroatoms. The van der Waals surface area contributed by atoms with E-state index < -0.39 is 38.1 Å². The number of nitrogens with two attached hydrogens (primary N) is 1. The number of nitrogen functional groups attached to an aromatic ring is 1. The zero-order valence-electron chi connectivity index (χ0n) is 9.27. The first-order chi connectivity index (χ1) is 8.15. The van der Waals surface area contributed by atoms with Gasteiger partial charge in [0.25, 0.3) is 10.1 Å². The standard InChI is InChI=1S/C9H13NO6S2/c10-8-1-2-9(17(12,13)4-3-11)7(5-8)6-18(14,15)16/h1-2,5,11H,3-4,6,10H2,(H,14,15,16). The Hall–Kier alpha value is -1.16. The molecule has 0 spiro atoms. The van der Waals surface area contributed by atoms with Gasteiger partial charge in [-0.25, -0.2) is 8.42 Å². The van der Waals surface area contributed by atoms with E-state index in [1.54, 1.807) is 0 Å². The van der Waals surface area contributed by atoms with E-state index in [4.69, 9.17) is 15.4 Å². The van der Waals surface area contributed by atoms with Gasteiger partial charge in [0.1, 0.15) is 5.75 Å². The van der Waals surface area contributed by atoms with Crippen LogP contribution in [0.3, 0.4) is 0 Å². The first kappa shape index (κ1) is 14.9. The van der Waals surface area contributed by atoms with Gasteiger partial charge in [-0.05, 0) is 23.8 Å². The minimum Gasteiger partial charge on any atom is -0.399 e. The number of aliphatic hydroxyl groups excluding tert-OH is 1. The van der Waals surface area contributed by atoms with Gasteiger partial charge in [0.05, 0.1) is 17.3 Å². The highest BCUT2D eigenvalue weighted by atomic mass is 32.2. The molecule has 0 radical (unpaired) electrons. The van der Waals surface area contributed by atoms with Crippen molar-refractivity contribution in [3.8, 4) is 0 Å². The average Bonchev–Trinajstić information content (AvgIpc) is 2.13. The molecule has 1 aromatic rings. The molecule has 1 rings (SSSR count). The fourth-order valence-electron chi connectivity index (χ4n) is 1.44. The summed E-state index contributed by atoms with van der Waals surface area (Å²) in [6.07, 6.45) is 0. The van der Waals surface area contributed by atoms with Crippen molar-refractivity contribution in [1.29, 1.82) is 0 Å². The monoisotopic (exact) mass is 295 g/mol. The number of hydrogen-bond acceptors (Lipinski definition) is 6. The topological polar surface area (TPSA) is 135 Å². The Morgan fingerprint density at radius 2 is 1.78 bits per heavy atom. The molecule has 0 aliphatic carbocycles. The Morgan fingerprint density at radius 1 is 1.17 bits per heavy atom. The number of sulfone groups is 1. The van der Waals surface area contributed by atoms with Gasteiger partial charge in [0.15, 0.2) is 9.84 Å². The number of aliphatic hydroxyl groups is 1. The van der Waals surface area contributed by atoms with Gasteiger partial charge in [-0.15, -0.1) is 0 Å². The van der Waals surface area contributed by atoms with Gasteiger partial charge in [-0.3, -0.25) is 4.55 Å². The molecule has 7 nitrogen and oxygen atoms in total. The van der Waals surface area contributed by atoms with E-state index in [2.05, 4.69) is 0 Å². The number of rotatable bonds is 5. The SMILES string of the molecule is Nc1ccc(S(=O)(=O)CCO)c(CS(=O)(=O)O)c1. The fourth-order valence-corrected chi connectivity index (χ4v) is 3.43. The highest BCUT2D eigenvalue weighted by Gasteiger charge is 2.21. The van der Waals surface area contributed by atoms with Crippen LogP contribution in [0.25, 0.3) is 0 Å². The minimum absolute atomic E-state index is 0.119. The smallest absolute Gasteiger partial charge is 0.269 e. The van der Waals surface area contributed by atoms with E-state index in [9.17, 15) is 16.8 Å². The van der Waals surface area contributed by atoms with Crippen LogP contribution in [-0.4, -0.2) is 38.9 Å². The summed E-state index contributed by atoms with van der Waals surface area (Å²) in [6.45, 7) is -0.585. The highest BCUT2D eigenvalue weighted by Crippen LogP contribution is 2.22. The highest BCUT2D eigenvalue weighted by molar-refractivity contribution is 7.91. The van der Waals surface area contributed by atoms with Crippen molar-refractivity contribution in [3.63, 3.8) is 0 Å². The van der Waals surface area contributed by atoms with E-state index >= 15 is 0 Å². The van der Waals surface area contributed by atoms with Crippen molar-refractivity contribution in [2.24, 2.45) is 0 Å². The van der Waals surface area contributed by atoms with Crippen LogP contribution in [0.2, 0.25) is 0 Å². The van der Waals surface area contributed by atoms with Gasteiger partial charge < -0.3 is 10.8 Å². The van der Waals surface area contributed by atoms with Crippen LogP contribution in [0.4, 0.5) is 5.69 Å². The van der Waals surface area contributed by atoms with Crippen LogP contribution in [0, 0.1) is 0 Å². The third-order valence-corrected chi connectivity index (χ3v) is 4.58. The van der Waals surface area contributed by atoms with Gasteiger partial charge in [0, 0.05) is 5.69 Å². The summed E-state index contributed by atoms with van der Waals surface area (Å²) in [6, 6.07) is 3.62. The quantitative estimate of drug-likeness (QED) is 0.488. The minimum atomic E-state index is -4.37. The summed E-state index contributed by atoms with van der Waals surface area (Å²) >= 11 is 0. The molecule has 0 unspecified atom stereocenters. The van der Waals surface area contributed by atoms with Crippen LogP contribution < -0.4 is 5.73 Å². The molecule has 4 N–H and O–H groups in total. The molecule has 0 aliphatic rings. The number of benzene rings is 1. The molecule has 0 fully saturated rings. The van der Waals surface area contributed by atoms with Crippen molar-refractivity contribution in [1.82, 2.24) is 0 Å². The summed E-state index contributed by atoms with van der Waals surface area (Å²) in [7, 11) is -8.19. The van der Waals surface area contributed by atoms with Crippen LogP contribution in [-0.2, 0) is 25.7 Å². The third-order valence-electron chi connectivity index (χ3n) is 2.12. The Balaban J connectivity index is 3.37. The molecule has 0 bridgehead atoms. The van der Waals surface area contributed by atoms with Crippen molar-refractivity contribution >= 4 is 25.6 Å². The van der Waals surface area contributed by atoms with Gasteiger partial charge in [-0.1, -0.05) is 0 Å². The van der Waals surface area contributed by atoms with Crippen LogP contribution >= 0.6 is 0 Å². The zero-order valence-corrected chi connectivity index (χ0v) is 10.9. The molecule has 0 amide bonds. The lowest BCUT2D eigenvalue weighted by molar-refractivity contribution is 0.319. The Morgan fingerprint density at radius 3 is 2.28 bits per heavy atom. The normalized spacial score (nSPS) is 12.6. The zero-order chi connectivity index (χ0) is 14.0. The molecule has 0 aliphatic heterocycles. The summed E-state index contributed by atoms with van der Waals surface area (Å²) in [5, 5.41) is 8.67. The summed E-state index contributed by atoms with van der Waals surface area (Å²) in [5.41, 5.74) is 5.50. The molecular formula is C9H13NO6S2. The Labute approximate surface area is 105 Å². The molecular weight excluding hydrogens is 282 g/mol. The van der Waals surface area contributed by atoms with Crippen molar-refractivity contribution in [2.45, 2.75) is 10.6 Å². The van der Waals surface area contributed by atoms with Gasteiger partial charge in [-0.2, -0.15) is 8.42 Å². The van der Waals surface area contributed by atoms with Crippen LogP contribution in [0.1, 0.15) is 5.56 Å². The number of anilines is 1. The molecule has 0 saturated heterocycles. The lowest BCUT2D eigenvalue weighted by atomic mass is 10.2. The second-order valence-corrected chi connectivity index (χ2v) is 7.17. The third kappa shape index (κ3) is 3.95. The predicted octanol–water partition coefficient (Wildman–Crippen LogP) is -0.577. The molecule has 0 atom stereocenters. The lowest BCUT2D eigenvalue weighted by Crippen LogP contribution is -2.14. The van der Waals surface area contributed by atoms with E-state index in [0.29, 0.717) is 0 Å².